The van der Waals surface area contributed by atoms with Crippen molar-refractivity contribution in [1.29, 1.82) is 0 Å². The second-order valence-corrected chi connectivity index (χ2v) is 6.12. The lowest BCUT2D eigenvalue weighted by molar-refractivity contribution is -0.385. The van der Waals surface area contributed by atoms with Gasteiger partial charge in [-0.2, -0.15) is 5.10 Å². The molecule has 1 N–H and O–H groups in total. The van der Waals surface area contributed by atoms with Gasteiger partial charge in [0, 0.05) is 5.92 Å². The van der Waals surface area contributed by atoms with E-state index in [1.54, 1.807) is 0 Å². The summed E-state index contributed by atoms with van der Waals surface area (Å²) in [6, 6.07) is 12.6. The predicted octanol–water partition coefficient (Wildman–Crippen LogP) is 2.58. The maximum atomic E-state index is 12.2. The van der Waals surface area contributed by atoms with E-state index in [0.29, 0.717) is 11.5 Å². The summed E-state index contributed by atoms with van der Waals surface area (Å²) in [6.07, 6.45) is 2.02. The molecule has 26 heavy (non-hydrogen) atoms. The summed E-state index contributed by atoms with van der Waals surface area (Å²) < 4.78 is 10.4. The van der Waals surface area contributed by atoms with Crippen LogP contribution >= 0.6 is 0 Å². The highest BCUT2D eigenvalue weighted by Gasteiger charge is 2.43. The lowest BCUT2D eigenvalue weighted by atomic mass is 10.1. The highest BCUT2D eigenvalue weighted by atomic mass is 16.7. The van der Waals surface area contributed by atoms with Crippen LogP contribution in [0.5, 0.6) is 11.5 Å². The zero-order chi connectivity index (χ0) is 18.1. The van der Waals surface area contributed by atoms with Crippen molar-refractivity contribution in [2.75, 3.05) is 6.79 Å². The van der Waals surface area contributed by atoms with Crippen molar-refractivity contribution in [3.8, 4) is 11.5 Å². The number of hydrogen-bond acceptors (Lipinski definition) is 6. The molecule has 2 aliphatic rings. The summed E-state index contributed by atoms with van der Waals surface area (Å²) >= 11 is 0. The number of nitrogens with zero attached hydrogens (tertiary/aromatic N) is 2. The van der Waals surface area contributed by atoms with E-state index in [1.165, 1.54) is 18.3 Å². The highest BCUT2D eigenvalue weighted by molar-refractivity contribution is 5.89. The fourth-order valence-electron chi connectivity index (χ4n) is 3.01. The molecule has 1 heterocycles. The van der Waals surface area contributed by atoms with E-state index in [4.69, 9.17) is 9.47 Å². The van der Waals surface area contributed by atoms with Gasteiger partial charge < -0.3 is 9.47 Å². The van der Waals surface area contributed by atoms with Crippen molar-refractivity contribution in [3.05, 3.63) is 63.7 Å². The maximum Gasteiger partial charge on any atom is 0.282 e. The molecule has 0 unspecified atom stereocenters. The number of ether oxygens (including phenoxy) is 2. The summed E-state index contributed by atoms with van der Waals surface area (Å²) in [5, 5.41) is 15.1. The topological polar surface area (TPSA) is 103 Å². The van der Waals surface area contributed by atoms with Crippen molar-refractivity contribution in [2.24, 2.45) is 11.0 Å². The number of nitrogens with one attached hydrogen (secondary N) is 1. The zero-order valence-corrected chi connectivity index (χ0v) is 13.6. The number of amides is 1. The number of nitro groups is 1. The van der Waals surface area contributed by atoms with Crippen LogP contribution < -0.4 is 14.9 Å². The van der Waals surface area contributed by atoms with E-state index < -0.39 is 4.92 Å². The minimum Gasteiger partial charge on any atom is -0.454 e. The first-order valence-corrected chi connectivity index (χ1v) is 8.09. The predicted molar refractivity (Wildman–Crippen MR) is 92.2 cm³/mol. The SMILES string of the molecule is O=C(N/N=C\c1cc2c(cc1[N+](=O)[O-])OCO2)[C@@H]1C[C@@H]1c1ccccc1. The van der Waals surface area contributed by atoms with E-state index in [0.717, 1.165) is 12.0 Å². The Balaban J connectivity index is 1.43. The van der Waals surface area contributed by atoms with Gasteiger partial charge in [0.05, 0.1) is 22.8 Å². The molecular formula is C18H15N3O5. The van der Waals surface area contributed by atoms with Crippen LogP contribution in [0.2, 0.25) is 0 Å². The lowest BCUT2D eigenvalue weighted by Crippen LogP contribution is -2.20. The summed E-state index contributed by atoms with van der Waals surface area (Å²) in [6.45, 7) is 0.0202. The van der Waals surface area contributed by atoms with Crippen LogP contribution in [0.25, 0.3) is 0 Å². The minimum atomic E-state index is -0.530. The average Bonchev–Trinajstić information content (AvgIpc) is 3.32. The summed E-state index contributed by atoms with van der Waals surface area (Å²) in [5.41, 5.74) is 3.66. The monoisotopic (exact) mass is 353 g/mol. The first kappa shape index (κ1) is 16.1. The molecule has 0 saturated heterocycles. The smallest absolute Gasteiger partial charge is 0.282 e. The van der Waals surface area contributed by atoms with Crippen molar-refractivity contribution in [2.45, 2.75) is 12.3 Å². The molecule has 2 aromatic carbocycles. The Hall–Kier alpha value is -3.42. The highest BCUT2D eigenvalue weighted by Crippen LogP contribution is 2.47. The van der Waals surface area contributed by atoms with Crippen LogP contribution in [0.1, 0.15) is 23.5 Å². The molecule has 132 valence electrons. The Labute approximate surface area is 148 Å². The number of hydrazone groups is 1. The standard InChI is InChI=1S/C18H15N3O5/c22-18(14-7-13(14)11-4-2-1-3-5-11)20-19-9-12-6-16-17(26-10-25-16)8-15(12)21(23)24/h1-6,8-9,13-14H,7,10H2,(H,20,22)/b19-9-/t13-,14-/m1/s1. The molecule has 2 aromatic rings. The lowest BCUT2D eigenvalue weighted by Gasteiger charge is -2.02. The van der Waals surface area contributed by atoms with Crippen LogP contribution in [0.3, 0.4) is 0 Å². The number of fused-ring (bicyclic) bond motifs is 1. The molecule has 2 atom stereocenters. The van der Waals surface area contributed by atoms with Gasteiger partial charge in [-0.3, -0.25) is 14.9 Å². The molecule has 8 heteroatoms. The van der Waals surface area contributed by atoms with Gasteiger partial charge in [0.2, 0.25) is 12.7 Å². The van der Waals surface area contributed by atoms with Crippen molar-refractivity contribution in [3.63, 3.8) is 0 Å². The van der Waals surface area contributed by atoms with Crippen LogP contribution in [-0.4, -0.2) is 23.8 Å². The van der Waals surface area contributed by atoms with Crippen molar-refractivity contribution in [1.82, 2.24) is 5.43 Å². The van der Waals surface area contributed by atoms with Crippen LogP contribution in [0.4, 0.5) is 5.69 Å². The van der Waals surface area contributed by atoms with Gasteiger partial charge in [-0.05, 0) is 24.0 Å². The van der Waals surface area contributed by atoms with Gasteiger partial charge in [0.25, 0.3) is 5.69 Å². The van der Waals surface area contributed by atoms with Gasteiger partial charge in [-0.25, -0.2) is 5.43 Å². The second kappa shape index (κ2) is 6.47. The second-order valence-electron chi connectivity index (χ2n) is 6.12. The number of hydrogen-bond donors (Lipinski definition) is 1. The van der Waals surface area contributed by atoms with Crippen molar-refractivity contribution < 1.29 is 19.2 Å². The fraction of sp³-hybridized carbons (Fsp3) is 0.222. The Bertz CT molecular complexity index is 897. The van der Waals surface area contributed by atoms with E-state index in [2.05, 4.69) is 10.5 Å². The first-order valence-electron chi connectivity index (χ1n) is 8.09. The van der Waals surface area contributed by atoms with Gasteiger partial charge in [-0.1, -0.05) is 30.3 Å². The Morgan fingerprint density at radius 2 is 1.96 bits per heavy atom. The molecule has 0 radical (unpaired) electrons. The molecular weight excluding hydrogens is 338 g/mol. The number of rotatable bonds is 5. The molecule has 0 bridgehead atoms. The van der Waals surface area contributed by atoms with Gasteiger partial charge in [-0.15, -0.1) is 0 Å². The van der Waals surface area contributed by atoms with Crippen molar-refractivity contribution >= 4 is 17.8 Å². The Kier molecular flexibility index (Phi) is 4.00. The summed E-state index contributed by atoms with van der Waals surface area (Å²) in [4.78, 5) is 22.8. The van der Waals surface area contributed by atoms with Gasteiger partial charge in [0.15, 0.2) is 11.5 Å². The quantitative estimate of drug-likeness (QED) is 0.505. The van der Waals surface area contributed by atoms with Gasteiger partial charge >= 0.3 is 0 Å². The molecule has 8 nitrogen and oxygen atoms in total. The first-order chi connectivity index (χ1) is 12.6. The molecule has 0 spiro atoms. The summed E-state index contributed by atoms with van der Waals surface area (Å²) in [5.74, 6) is 0.613. The van der Waals surface area contributed by atoms with E-state index >= 15 is 0 Å². The molecule has 1 amide bonds. The third-order valence-electron chi connectivity index (χ3n) is 4.45. The zero-order valence-electron chi connectivity index (χ0n) is 13.6. The average molecular weight is 353 g/mol. The van der Waals surface area contributed by atoms with E-state index in [1.807, 2.05) is 30.3 Å². The van der Waals surface area contributed by atoms with Crippen LogP contribution in [0.15, 0.2) is 47.6 Å². The van der Waals surface area contributed by atoms with E-state index in [9.17, 15) is 14.9 Å². The van der Waals surface area contributed by atoms with E-state index in [-0.39, 0.29) is 35.8 Å². The largest absolute Gasteiger partial charge is 0.454 e. The Morgan fingerprint density at radius 1 is 1.23 bits per heavy atom. The van der Waals surface area contributed by atoms with Gasteiger partial charge in [0.1, 0.15) is 0 Å². The Morgan fingerprint density at radius 3 is 2.69 bits per heavy atom. The summed E-state index contributed by atoms with van der Waals surface area (Å²) in [7, 11) is 0. The third kappa shape index (κ3) is 3.08. The fourth-order valence-corrected chi connectivity index (χ4v) is 3.01. The third-order valence-corrected chi connectivity index (χ3v) is 4.45. The normalized spacial score (nSPS) is 20.2. The number of carbonyl (C=O) groups excluding carboxylic acids is 1. The molecule has 1 aliphatic heterocycles. The molecule has 0 aromatic heterocycles. The number of nitro benzene ring substituents is 1. The molecule has 1 fully saturated rings. The number of benzene rings is 2. The molecule has 1 saturated carbocycles. The molecule has 1 aliphatic carbocycles. The number of carbonyl (C=O) groups is 1. The molecule has 4 rings (SSSR count). The van der Waals surface area contributed by atoms with Crippen LogP contribution in [-0.2, 0) is 4.79 Å². The minimum absolute atomic E-state index is 0.0202. The maximum absolute atomic E-state index is 12.2. The van der Waals surface area contributed by atoms with Crippen LogP contribution in [0, 0.1) is 16.0 Å².